The maximum absolute atomic E-state index is 11.8. The van der Waals surface area contributed by atoms with Crippen LogP contribution in [-0.4, -0.2) is 19.0 Å². The van der Waals surface area contributed by atoms with Crippen LogP contribution in [0.15, 0.2) is 42.5 Å². The van der Waals surface area contributed by atoms with Gasteiger partial charge in [0.25, 0.3) is 0 Å². The zero-order valence-corrected chi connectivity index (χ0v) is 12.8. The zero-order chi connectivity index (χ0) is 14.4. The minimum absolute atomic E-state index is 0.00802. The molecule has 0 fully saturated rings. The molecule has 1 aromatic carbocycles. The molecule has 0 saturated heterocycles. The number of hydrogen-bond acceptors (Lipinski definition) is 3. The zero-order valence-electron chi connectivity index (χ0n) is 10.5. The number of carbonyl (C=O) groups is 1. The molecule has 0 unspecified atom stereocenters. The van der Waals surface area contributed by atoms with Gasteiger partial charge >= 0.3 is 0 Å². The second-order valence-electron chi connectivity index (χ2n) is 3.99. The largest absolute Gasteiger partial charge is 0.369 e. The fourth-order valence-electron chi connectivity index (χ4n) is 1.58. The fraction of sp³-hybridized carbons (Fsp3) is 0.133. The van der Waals surface area contributed by atoms with Crippen LogP contribution < -0.4 is 0 Å². The van der Waals surface area contributed by atoms with Crippen LogP contribution in [0, 0.1) is 0 Å². The Morgan fingerprint density at radius 2 is 2.00 bits per heavy atom. The Labute approximate surface area is 131 Å². The molecule has 2 rings (SSSR count). The summed E-state index contributed by atoms with van der Waals surface area (Å²) in [5.41, 5.74) is 1.52. The van der Waals surface area contributed by atoms with Crippen molar-refractivity contribution in [1.29, 1.82) is 0 Å². The summed E-state index contributed by atoms with van der Waals surface area (Å²) in [5.74, 6) is -0.161. The van der Waals surface area contributed by atoms with Gasteiger partial charge in [0.15, 0.2) is 5.78 Å². The van der Waals surface area contributed by atoms with Gasteiger partial charge in [0, 0.05) is 0 Å². The Morgan fingerprint density at radius 1 is 1.25 bits per heavy atom. The van der Waals surface area contributed by atoms with Crippen LogP contribution in [0.2, 0.25) is 8.67 Å². The van der Waals surface area contributed by atoms with E-state index in [4.69, 9.17) is 27.9 Å². The van der Waals surface area contributed by atoms with E-state index in [2.05, 4.69) is 0 Å². The maximum Gasteiger partial charge on any atom is 0.190 e. The van der Waals surface area contributed by atoms with E-state index in [-0.39, 0.29) is 12.4 Å². The topological polar surface area (TPSA) is 26.3 Å². The van der Waals surface area contributed by atoms with Gasteiger partial charge in [-0.3, -0.25) is 4.79 Å². The molecule has 0 N–H and O–H groups in total. The van der Waals surface area contributed by atoms with E-state index in [0.717, 1.165) is 5.56 Å². The van der Waals surface area contributed by atoms with Gasteiger partial charge in [-0.25, -0.2) is 0 Å². The summed E-state index contributed by atoms with van der Waals surface area (Å²) in [6.07, 6.45) is 3.81. The molecule has 1 aromatic heterocycles. The van der Waals surface area contributed by atoms with Crippen LogP contribution >= 0.6 is 34.5 Å². The van der Waals surface area contributed by atoms with Crippen LogP contribution in [-0.2, 0) is 4.74 Å². The molecule has 0 aliphatic carbocycles. The summed E-state index contributed by atoms with van der Waals surface area (Å²) in [4.78, 5) is 11.8. The van der Waals surface area contributed by atoms with Crippen molar-refractivity contribution in [3.05, 3.63) is 62.3 Å². The lowest BCUT2D eigenvalue weighted by atomic mass is 10.2. The number of thiophene rings is 1. The average molecular weight is 327 g/mol. The van der Waals surface area contributed by atoms with E-state index in [9.17, 15) is 4.79 Å². The van der Waals surface area contributed by atoms with Gasteiger partial charge in [-0.15, -0.1) is 11.3 Å². The highest BCUT2D eigenvalue weighted by molar-refractivity contribution is 7.20. The number of Topliss-reactive ketones (excluding diaryl/α,β-unsaturated/α-hetero) is 1. The predicted octanol–water partition coefficient (Wildman–Crippen LogP) is 4.97. The van der Waals surface area contributed by atoms with Crippen molar-refractivity contribution in [1.82, 2.24) is 0 Å². The highest BCUT2D eigenvalue weighted by atomic mass is 35.5. The quantitative estimate of drug-likeness (QED) is 0.553. The molecule has 0 bridgehead atoms. The van der Waals surface area contributed by atoms with Crippen LogP contribution in [0.5, 0.6) is 0 Å². The summed E-state index contributed by atoms with van der Waals surface area (Å²) in [5, 5.41) is 0. The smallest absolute Gasteiger partial charge is 0.190 e. The van der Waals surface area contributed by atoms with Gasteiger partial charge in [0.2, 0.25) is 0 Å². The van der Waals surface area contributed by atoms with Gasteiger partial charge in [-0.2, -0.15) is 0 Å². The lowest BCUT2D eigenvalue weighted by molar-refractivity contribution is 0.0807. The van der Waals surface area contributed by atoms with E-state index < -0.39 is 0 Å². The van der Waals surface area contributed by atoms with Crippen LogP contribution in [0.25, 0.3) is 6.08 Å². The van der Waals surface area contributed by atoms with E-state index >= 15 is 0 Å². The van der Waals surface area contributed by atoms with Gasteiger partial charge in [-0.05, 0) is 11.6 Å². The first-order chi connectivity index (χ1) is 9.66. The monoisotopic (exact) mass is 326 g/mol. The van der Waals surface area contributed by atoms with Gasteiger partial charge in [0.05, 0.1) is 16.5 Å². The molecule has 20 heavy (non-hydrogen) atoms. The van der Waals surface area contributed by atoms with Gasteiger partial charge in [-0.1, -0.05) is 65.7 Å². The van der Waals surface area contributed by atoms with Crippen molar-refractivity contribution in [3.63, 3.8) is 0 Å². The summed E-state index contributed by atoms with van der Waals surface area (Å²) < 4.78 is 6.21. The molecule has 0 aliphatic heterocycles. The summed E-state index contributed by atoms with van der Waals surface area (Å²) >= 11 is 12.9. The first kappa shape index (κ1) is 15.3. The molecule has 0 aliphatic rings. The van der Waals surface area contributed by atoms with E-state index in [1.165, 1.54) is 11.3 Å². The number of carbonyl (C=O) groups excluding carboxylic acids is 1. The Balaban J connectivity index is 1.77. The van der Waals surface area contributed by atoms with Crippen molar-refractivity contribution in [2.75, 3.05) is 13.2 Å². The van der Waals surface area contributed by atoms with Crippen molar-refractivity contribution in [3.8, 4) is 0 Å². The van der Waals surface area contributed by atoms with Crippen LogP contribution in [0.1, 0.15) is 15.9 Å². The molecule has 2 nitrogen and oxygen atoms in total. The number of rotatable bonds is 6. The standard InChI is InChI=1S/C15H12Cl2O2S/c16-14-9-12(15(17)20-14)13(18)10-19-8-4-7-11-5-2-1-3-6-11/h1-7,9H,8,10H2. The lowest BCUT2D eigenvalue weighted by Gasteiger charge is -1.99. The average Bonchev–Trinajstić information content (AvgIpc) is 2.78. The molecule has 2 aromatic rings. The Hall–Kier alpha value is -1.13. The molecule has 0 spiro atoms. The number of halogens is 2. The third kappa shape index (κ3) is 4.46. The molecule has 0 saturated carbocycles. The predicted molar refractivity (Wildman–Crippen MR) is 85.0 cm³/mol. The van der Waals surface area contributed by atoms with Crippen LogP contribution in [0.3, 0.4) is 0 Å². The van der Waals surface area contributed by atoms with Crippen molar-refractivity contribution in [2.24, 2.45) is 0 Å². The number of ketones is 1. The summed E-state index contributed by atoms with van der Waals surface area (Å²) in [7, 11) is 0. The normalized spacial score (nSPS) is 11.1. The third-order valence-corrected chi connectivity index (χ3v) is 4.00. The molecule has 104 valence electrons. The Kier molecular flexibility index (Phi) is 5.80. The molecule has 1 heterocycles. The minimum atomic E-state index is -0.161. The number of hydrogen-bond donors (Lipinski definition) is 0. The van der Waals surface area contributed by atoms with Crippen molar-refractivity contribution < 1.29 is 9.53 Å². The highest BCUT2D eigenvalue weighted by Gasteiger charge is 2.13. The molecular formula is C15H12Cl2O2S. The summed E-state index contributed by atoms with van der Waals surface area (Å²) in [6, 6.07) is 11.4. The Morgan fingerprint density at radius 3 is 2.65 bits per heavy atom. The number of benzene rings is 1. The molecule has 0 amide bonds. The molecule has 0 atom stereocenters. The molecule has 0 radical (unpaired) electrons. The summed E-state index contributed by atoms with van der Waals surface area (Å²) in [6.45, 7) is 0.363. The van der Waals surface area contributed by atoms with Gasteiger partial charge in [0.1, 0.15) is 10.9 Å². The first-order valence-electron chi connectivity index (χ1n) is 5.94. The van der Waals surface area contributed by atoms with Crippen LogP contribution in [0.4, 0.5) is 0 Å². The van der Waals surface area contributed by atoms with E-state index in [1.54, 1.807) is 6.07 Å². The second kappa shape index (κ2) is 7.60. The van der Waals surface area contributed by atoms with E-state index in [1.807, 2.05) is 42.5 Å². The maximum atomic E-state index is 11.8. The van der Waals surface area contributed by atoms with Gasteiger partial charge < -0.3 is 4.74 Å². The number of ether oxygens (including phenoxy) is 1. The third-order valence-electron chi connectivity index (χ3n) is 2.51. The molecular weight excluding hydrogens is 315 g/mol. The van der Waals surface area contributed by atoms with Crippen molar-refractivity contribution in [2.45, 2.75) is 0 Å². The minimum Gasteiger partial charge on any atom is -0.369 e. The van der Waals surface area contributed by atoms with E-state index in [0.29, 0.717) is 20.8 Å². The SMILES string of the molecule is O=C(COCC=Cc1ccccc1)c1cc(Cl)sc1Cl. The fourth-order valence-corrected chi connectivity index (χ4v) is 3.08. The first-order valence-corrected chi connectivity index (χ1v) is 7.51. The Bertz CT molecular complexity index is 606. The highest BCUT2D eigenvalue weighted by Crippen LogP contribution is 2.31. The second-order valence-corrected chi connectivity index (χ2v) is 6.27. The molecule has 5 heteroatoms. The van der Waals surface area contributed by atoms with Crippen molar-refractivity contribution >= 4 is 46.4 Å². The lowest BCUT2D eigenvalue weighted by Crippen LogP contribution is -2.08.